The number of hydrogen-bond acceptors (Lipinski definition) is 6. The van der Waals surface area contributed by atoms with Crippen molar-refractivity contribution in [3.05, 3.63) is 11.7 Å². The zero-order chi connectivity index (χ0) is 14.5. The van der Waals surface area contributed by atoms with Crippen molar-refractivity contribution in [1.82, 2.24) is 15.0 Å². The van der Waals surface area contributed by atoms with E-state index in [0.717, 1.165) is 31.8 Å². The number of piperidine rings is 1. The molecule has 20 heavy (non-hydrogen) atoms. The van der Waals surface area contributed by atoms with Crippen LogP contribution in [0, 0.1) is 0 Å². The quantitative estimate of drug-likeness (QED) is 0.840. The SMILES string of the molecule is CC(C)c1noc(CN2CCC(OCC(=O)O)CC2)n1. The molecule has 0 amide bonds. The summed E-state index contributed by atoms with van der Waals surface area (Å²) in [4.78, 5) is 17.0. The minimum absolute atomic E-state index is 0.0382. The van der Waals surface area contributed by atoms with Gasteiger partial charge in [0.2, 0.25) is 5.89 Å². The van der Waals surface area contributed by atoms with Gasteiger partial charge in [-0.2, -0.15) is 4.98 Å². The molecule has 1 N–H and O–H groups in total. The zero-order valence-corrected chi connectivity index (χ0v) is 11.9. The summed E-state index contributed by atoms with van der Waals surface area (Å²) >= 11 is 0. The minimum atomic E-state index is -0.917. The van der Waals surface area contributed by atoms with Crippen LogP contribution in [0.2, 0.25) is 0 Å². The van der Waals surface area contributed by atoms with Gasteiger partial charge in [-0.1, -0.05) is 19.0 Å². The lowest BCUT2D eigenvalue weighted by atomic mass is 10.1. The van der Waals surface area contributed by atoms with Crippen LogP contribution in [0.25, 0.3) is 0 Å². The van der Waals surface area contributed by atoms with E-state index >= 15 is 0 Å². The Morgan fingerprint density at radius 1 is 1.50 bits per heavy atom. The summed E-state index contributed by atoms with van der Waals surface area (Å²) in [6, 6.07) is 0. The molecule has 0 aliphatic carbocycles. The third-order valence-corrected chi connectivity index (χ3v) is 3.34. The van der Waals surface area contributed by atoms with Crippen molar-refractivity contribution in [3.63, 3.8) is 0 Å². The molecular formula is C13H21N3O4. The van der Waals surface area contributed by atoms with Gasteiger partial charge in [0.25, 0.3) is 0 Å². The highest BCUT2D eigenvalue weighted by atomic mass is 16.5. The smallest absolute Gasteiger partial charge is 0.329 e. The fourth-order valence-electron chi connectivity index (χ4n) is 2.18. The van der Waals surface area contributed by atoms with Gasteiger partial charge in [0.05, 0.1) is 12.6 Å². The number of aliphatic carboxylic acids is 1. The molecule has 1 saturated heterocycles. The second-order valence-electron chi connectivity index (χ2n) is 5.38. The molecular weight excluding hydrogens is 262 g/mol. The van der Waals surface area contributed by atoms with Crippen LogP contribution in [-0.4, -0.2) is 51.9 Å². The van der Waals surface area contributed by atoms with E-state index in [-0.39, 0.29) is 18.6 Å². The van der Waals surface area contributed by atoms with Crippen molar-refractivity contribution in [2.75, 3.05) is 19.7 Å². The number of likely N-dealkylation sites (tertiary alicyclic amines) is 1. The molecule has 1 aromatic rings. The number of aromatic nitrogens is 2. The monoisotopic (exact) mass is 283 g/mol. The molecule has 1 aliphatic rings. The van der Waals surface area contributed by atoms with Crippen LogP contribution in [0.4, 0.5) is 0 Å². The van der Waals surface area contributed by atoms with Crippen LogP contribution < -0.4 is 0 Å². The molecule has 112 valence electrons. The van der Waals surface area contributed by atoms with Crippen LogP contribution in [0.3, 0.4) is 0 Å². The standard InChI is InChI=1S/C13H21N3O4/c1-9(2)13-14-11(20-15-13)7-16-5-3-10(4-6-16)19-8-12(17)18/h9-10H,3-8H2,1-2H3,(H,17,18). The third-order valence-electron chi connectivity index (χ3n) is 3.34. The Morgan fingerprint density at radius 2 is 2.20 bits per heavy atom. The molecule has 1 fully saturated rings. The molecule has 1 aliphatic heterocycles. The van der Waals surface area contributed by atoms with Gasteiger partial charge in [-0.05, 0) is 12.8 Å². The van der Waals surface area contributed by atoms with E-state index in [1.54, 1.807) is 0 Å². The molecule has 0 radical (unpaired) electrons. The number of carboxylic acids is 1. The lowest BCUT2D eigenvalue weighted by Crippen LogP contribution is -2.37. The summed E-state index contributed by atoms with van der Waals surface area (Å²) < 4.78 is 10.5. The van der Waals surface area contributed by atoms with E-state index in [0.29, 0.717) is 12.4 Å². The maximum atomic E-state index is 10.4. The van der Waals surface area contributed by atoms with E-state index in [2.05, 4.69) is 15.0 Å². The Labute approximate surface area is 117 Å². The van der Waals surface area contributed by atoms with Crippen LogP contribution in [0.1, 0.15) is 44.3 Å². The average Bonchev–Trinajstić information content (AvgIpc) is 2.86. The normalized spacial score (nSPS) is 17.8. The average molecular weight is 283 g/mol. The fraction of sp³-hybridized carbons (Fsp3) is 0.769. The molecule has 1 aromatic heterocycles. The van der Waals surface area contributed by atoms with Crippen molar-refractivity contribution in [2.24, 2.45) is 0 Å². The molecule has 0 bridgehead atoms. The zero-order valence-electron chi connectivity index (χ0n) is 11.9. The largest absolute Gasteiger partial charge is 0.480 e. The minimum Gasteiger partial charge on any atom is -0.480 e. The van der Waals surface area contributed by atoms with Crippen LogP contribution >= 0.6 is 0 Å². The number of ether oxygens (including phenoxy) is 1. The Balaban J connectivity index is 1.74. The number of rotatable bonds is 6. The van der Waals surface area contributed by atoms with E-state index in [1.807, 2.05) is 13.8 Å². The molecule has 0 spiro atoms. The van der Waals surface area contributed by atoms with Gasteiger partial charge in [0.1, 0.15) is 6.61 Å². The first kappa shape index (κ1) is 14.9. The Hall–Kier alpha value is -1.47. The topological polar surface area (TPSA) is 88.7 Å². The first-order chi connectivity index (χ1) is 9.54. The summed E-state index contributed by atoms with van der Waals surface area (Å²) in [7, 11) is 0. The second-order valence-corrected chi connectivity index (χ2v) is 5.38. The van der Waals surface area contributed by atoms with Gasteiger partial charge < -0.3 is 14.4 Å². The Kier molecular flexibility index (Phi) is 5.08. The number of nitrogens with zero attached hydrogens (tertiary/aromatic N) is 3. The van der Waals surface area contributed by atoms with E-state index in [4.69, 9.17) is 14.4 Å². The summed E-state index contributed by atoms with van der Waals surface area (Å²) in [6.45, 7) is 6.19. The van der Waals surface area contributed by atoms with E-state index < -0.39 is 5.97 Å². The van der Waals surface area contributed by atoms with Gasteiger partial charge in [0, 0.05) is 19.0 Å². The van der Waals surface area contributed by atoms with E-state index in [1.165, 1.54) is 0 Å². The molecule has 2 rings (SSSR count). The molecule has 2 heterocycles. The van der Waals surface area contributed by atoms with Gasteiger partial charge >= 0.3 is 5.97 Å². The van der Waals surface area contributed by atoms with Crippen molar-refractivity contribution in [2.45, 2.75) is 45.3 Å². The Morgan fingerprint density at radius 3 is 2.75 bits per heavy atom. The first-order valence-electron chi connectivity index (χ1n) is 6.93. The molecule has 0 unspecified atom stereocenters. The molecule has 0 atom stereocenters. The van der Waals surface area contributed by atoms with Crippen molar-refractivity contribution < 1.29 is 19.2 Å². The maximum Gasteiger partial charge on any atom is 0.329 e. The highest BCUT2D eigenvalue weighted by molar-refractivity contribution is 5.68. The van der Waals surface area contributed by atoms with E-state index in [9.17, 15) is 4.79 Å². The summed E-state index contributed by atoms with van der Waals surface area (Å²) in [5.41, 5.74) is 0. The molecule has 7 nitrogen and oxygen atoms in total. The fourth-order valence-corrected chi connectivity index (χ4v) is 2.18. The number of carbonyl (C=O) groups is 1. The predicted octanol–water partition coefficient (Wildman–Crippen LogP) is 1.26. The van der Waals surface area contributed by atoms with Gasteiger partial charge in [0.15, 0.2) is 5.82 Å². The number of hydrogen-bond donors (Lipinski definition) is 1. The van der Waals surface area contributed by atoms with Crippen LogP contribution in [0.15, 0.2) is 4.52 Å². The van der Waals surface area contributed by atoms with Gasteiger partial charge in [-0.3, -0.25) is 4.90 Å². The van der Waals surface area contributed by atoms with Crippen LogP contribution in [0.5, 0.6) is 0 Å². The van der Waals surface area contributed by atoms with Gasteiger partial charge in [-0.25, -0.2) is 4.79 Å². The molecule has 0 saturated carbocycles. The summed E-state index contributed by atoms with van der Waals surface area (Å²) in [5, 5.41) is 12.5. The molecule has 7 heteroatoms. The van der Waals surface area contributed by atoms with Crippen LogP contribution in [-0.2, 0) is 16.1 Å². The summed E-state index contributed by atoms with van der Waals surface area (Å²) in [6.07, 6.45) is 1.70. The van der Waals surface area contributed by atoms with Gasteiger partial charge in [-0.15, -0.1) is 0 Å². The lowest BCUT2D eigenvalue weighted by molar-refractivity contribution is -0.145. The molecule has 0 aromatic carbocycles. The summed E-state index contributed by atoms with van der Waals surface area (Å²) in [5.74, 6) is 0.723. The lowest BCUT2D eigenvalue weighted by Gasteiger charge is -2.30. The predicted molar refractivity (Wildman–Crippen MR) is 70.3 cm³/mol. The highest BCUT2D eigenvalue weighted by Crippen LogP contribution is 2.16. The third kappa shape index (κ3) is 4.28. The van der Waals surface area contributed by atoms with Crippen molar-refractivity contribution in [1.29, 1.82) is 0 Å². The number of carboxylic acid groups (broad SMARTS) is 1. The maximum absolute atomic E-state index is 10.4. The Bertz CT molecular complexity index is 439. The first-order valence-corrected chi connectivity index (χ1v) is 6.93. The van der Waals surface area contributed by atoms with Crippen molar-refractivity contribution in [3.8, 4) is 0 Å². The van der Waals surface area contributed by atoms with Crippen molar-refractivity contribution >= 4 is 5.97 Å². The second kappa shape index (κ2) is 6.81. The highest BCUT2D eigenvalue weighted by Gasteiger charge is 2.22.